The average Bonchev–Trinajstić information content (AvgIpc) is 2.68. The lowest BCUT2D eigenvalue weighted by Crippen LogP contribution is -2.32. The van der Waals surface area contributed by atoms with Crippen molar-refractivity contribution in [2.45, 2.75) is 101 Å². The number of hydrogen-bond donors (Lipinski definition) is 2. The number of aliphatic hydroxyl groups is 1. The lowest BCUT2D eigenvalue weighted by atomic mass is 10.1. The third-order valence-electron chi connectivity index (χ3n) is 4.72. The molecule has 1 rings (SSSR count). The van der Waals surface area contributed by atoms with Crippen LogP contribution in [0.5, 0.6) is 5.75 Å². The first kappa shape index (κ1) is 28.6. The summed E-state index contributed by atoms with van der Waals surface area (Å²) >= 11 is 1.84. The summed E-state index contributed by atoms with van der Waals surface area (Å²) in [4.78, 5) is 1.25. The van der Waals surface area contributed by atoms with Gasteiger partial charge < -0.3 is 15.2 Å². The maximum atomic E-state index is 10.1. The van der Waals surface area contributed by atoms with Crippen LogP contribution in [0.4, 0.5) is 0 Å². The fourth-order valence-corrected chi connectivity index (χ4v) is 3.98. The minimum atomic E-state index is -0.465. The summed E-state index contributed by atoms with van der Waals surface area (Å²) < 4.78 is 5.69. The van der Waals surface area contributed by atoms with Gasteiger partial charge in [-0.15, -0.1) is 24.2 Å². The van der Waals surface area contributed by atoms with Crippen molar-refractivity contribution in [2.24, 2.45) is 0 Å². The summed E-state index contributed by atoms with van der Waals surface area (Å²) in [5.74, 6) is 0.821. The zero-order valence-electron chi connectivity index (χ0n) is 18.8. The predicted octanol–water partition coefficient (Wildman–Crippen LogP) is 6.86. The fourth-order valence-electron chi connectivity index (χ4n) is 3.14. The van der Waals surface area contributed by atoms with Gasteiger partial charge >= 0.3 is 0 Å². The minimum Gasteiger partial charge on any atom is -0.491 e. The summed E-state index contributed by atoms with van der Waals surface area (Å²) in [6.07, 6.45) is 13.1. The number of nitrogens with one attached hydrogen (secondary N) is 1. The van der Waals surface area contributed by atoms with Crippen LogP contribution < -0.4 is 10.1 Å². The Bertz CT molecular complexity index is 470. The van der Waals surface area contributed by atoms with E-state index in [0.29, 0.717) is 18.4 Å². The number of benzene rings is 1. The van der Waals surface area contributed by atoms with Gasteiger partial charge in [-0.3, -0.25) is 0 Å². The van der Waals surface area contributed by atoms with Crippen LogP contribution in [0.25, 0.3) is 0 Å². The lowest BCUT2D eigenvalue weighted by molar-refractivity contribution is 0.106. The van der Waals surface area contributed by atoms with Gasteiger partial charge in [0.15, 0.2) is 0 Å². The summed E-state index contributed by atoms with van der Waals surface area (Å²) in [5, 5.41) is 14.0. The quantitative estimate of drug-likeness (QED) is 0.191. The van der Waals surface area contributed by atoms with Gasteiger partial charge in [-0.2, -0.15) is 0 Å². The molecule has 29 heavy (non-hydrogen) atoms. The Morgan fingerprint density at radius 2 is 1.45 bits per heavy atom. The molecule has 2 N–H and O–H groups in total. The number of thioether (sulfide) groups is 1. The maximum absolute atomic E-state index is 10.1. The Kier molecular flexibility index (Phi) is 19.3. The number of rotatable bonds is 18. The summed E-state index contributed by atoms with van der Waals surface area (Å²) in [5.41, 5.74) is 0. The molecule has 170 valence electrons. The van der Waals surface area contributed by atoms with E-state index in [1.807, 2.05) is 23.9 Å². The third-order valence-corrected chi connectivity index (χ3v) is 5.74. The van der Waals surface area contributed by atoms with E-state index >= 15 is 0 Å². The molecule has 0 bridgehead atoms. The van der Waals surface area contributed by atoms with Crippen molar-refractivity contribution in [3.63, 3.8) is 0 Å². The molecule has 0 aliphatic heterocycles. The molecule has 0 saturated carbocycles. The predicted molar refractivity (Wildman–Crippen MR) is 131 cm³/mol. The van der Waals surface area contributed by atoms with Gasteiger partial charge in [-0.05, 0) is 37.2 Å². The van der Waals surface area contributed by atoms with Gasteiger partial charge in [0.2, 0.25) is 0 Å². The average molecular weight is 446 g/mol. The van der Waals surface area contributed by atoms with E-state index in [1.165, 1.54) is 69.1 Å². The van der Waals surface area contributed by atoms with Crippen molar-refractivity contribution in [3.05, 3.63) is 24.3 Å². The Morgan fingerprint density at radius 3 is 2.00 bits per heavy atom. The number of aliphatic hydroxyl groups excluding tert-OH is 1. The van der Waals surface area contributed by atoms with Crippen LogP contribution in [0.3, 0.4) is 0 Å². The molecule has 0 aromatic heterocycles. The lowest BCUT2D eigenvalue weighted by Gasteiger charge is -2.14. The second-order valence-electron chi connectivity index (χ2n) is 7.99. The molecular weight excluding hydrogens is 402 g/mol. The highest BCUT2D eigenvalue weighted by molar-refractivity contribution is 7.99. The molecule has 0 spiro atoms. The van der Waals surface area contributed by atoms with E-state index in [4.69, 9.17) is 4.74 Å². The molecule has 0 fully saturated rings. The Balaban J connectivity index is 0.00000784. The van der Waals surface area contributed by atoms with Gasteiger partial charge in [0.25, 0.3) is 0 Å². The topological polar surface area (TPSA) is 41.5 Å². The van der Waals surface area contributed by atoms with Crippen molar-refractivity contribution in [1.82, 2.24) is 5.32 Å². The van der Waals surface area contributed by atoms with Gasteiger partial charge in [0.1, 0.15) is 18.5 Å². The normalized spacial score (nSPS) is 12.0. The molecule has 1 aromatic rings. The maximum Gasteiger partial charge on any atom is 0.119 e. The number of unbranched alkanes of at least 4 members (excludes halogenated alkanes) is 9. The zero-order valence-corrected chi connectivity index (χ0v) is 20.5. The summed E-state index contributed by atoms with van der Waals surface area (Å²) in [7, 11) is 0. The molecule has 0 saturated heterocycles. The van der Waals surface area contributed by atoms with Crippen molar-refractivity contribution < 1.29 is 9.84 Å². The summed E-state index contributed by atoms with van der Waals surface area (Å²) in [6, 6.07) is 8.12. The number of ether oxygens (including phenoxy) is 1. The smallest absolute Gasteiger partial charge is 0.119 e. The molecule has 0 heterocycles. The highest BCUT2D eigenvalue weighted by Gasteiger charge is 2.05. The first-order valence-corrected chi connectivity index (χ1v) is 12.3. The van der Waals surface area contributed by atoms with Crippen molar-refractivity contribution in [3.8, 4) is 5.75 Å². The molecule has 1 aromatic carbocycles. The number of hydrogen-bond acceptors (Lipinski definition) is 4. The van der Waals surface area contributed by atoms with E-state index in [-0.39, 0.29) is 12.4 Å². The van der Waals surface area contributed by atoms with Gasteiger partial charge in [0, 0.05) is 16.7 Å². The van der Waals surface area contributed by atoms with Crippen LogP contribution in [0.15, 0.2) is 29.2 Å². The van der Waals surface area contributed by atoms with Crippen molar-refractivity contribution >= 4 is 24.2 Å². The third kappa shape index (κ3) is 17.0. The molecule has 1 unspecified atom stereocenters. The molecule has 0 aliphatic carbocycles. The largest absolute Gasteiger partial charge is 0.491 e. The highest BCUT2D eigenvalue weighted by atomic mass is 35.5. The Morgan fingerprint density at radius 1 is 0.897 bits per heavy atom. The minimum absolute atomic E-state index is 0. The second kappa shape index (κ2) is 19.5. The van der Waals surface area contributed by atoms with Crippen LogP contribution in [0.2, 0.25) is 0 Å². The first-order valence-electron chi connectivity index (χ1n) is 11.4. The van der Waals surface area contributed by atoms with E-state index in [0.717, 1.165) is 12.3 Å². The standard InChI is InChI=1S/C24H43NO2S.ClH/c1-4-5-6-7-8-9-10-11-12-13-18-25-19-22(26)20-27-23-14-16-24(17-15-23)28-21(2)3;/h14-17,21-22,25-26H,4-13,18-20H2,1-3H3;1H. The van der Waals surface area contributed by atoms with E-state index in [2.05, 4.69) is 38.2 Å². The fraction of sp³-hybridized carbons (Fsp3) is 0.750. The molecule has 3 nitrogen and oxygen atoms in total. The second-order valence-corrected chi connectivity index (χ2v) is 9.64. The highest BCUT2D eigenvalue weighted by Crippen LogP contribution is 2.24. The summed E-state index contributed by atoms with van der Waals surface area (Å²) in [6.45, 7) is 8.56. The van der Waals surface area contributed by atoms with E-state index in [1.54, 1.807) is 0 Å². The van der Waals surface area contributed by atoms with Gasteiger partial charge in [-0.1, -0.05) is 78.6 Å². The molecule has 0 aliphatic rings. The van der Waals surface area contributed by atoms with Crippen molar-refractivity contribution in [2.75, 3.05) is 19.7 Å². The SMILES string of the molecule is CCCCCCCCCCCCNCC(O)COc1ccc(SC(C)C)cc1.Cl. The molecular formula is C24H44ClNO2S. The van der Waals surface area contributed by atoms with Gasteiger partial charge in [0.05, 0.1) is 0 Å². The first-order chi connectivity index (χ1) is 13.6. The van der Waals surface area contributed by atoms with Crippen LogP contribution in [-0.2, 0) is 0 Å². The Hall–Kier alpha value is -0.420. The van der Waals surface area contributed by atoms with Crippen LogP contribution in [-0.4, -0.2) is 36.2 Å². The molecule has 5 heteroatoms. The van der Waals surface area contributed by atoms with Crippen molar-refractivity contribution in [1.29, 1.82) is 0 Å². The van der Waals surface area contributed by atoms with E-state index < -0.39 is 6.10 Å². The van der Waals surface area contributed by atoms with Crippen LogP contribution in [0, 0.1) is 0 Å². The zero-order chi connectivity index (χ0) is 20.5. The van der Waals surface area contributed by atoms with Crippen LogP contribution >= 0.6 is 24.2 Å². The molecule has 0 radical (unpaired) electrons. The monoisotopic (exact) mass is 445 g/mol. The van der Waals surface area contributed by atoms with Gasteiger partial charge in [-0.25, -0.2) is 0 Å². The van der Waals surface area contributed by atoms with Crippen LogP contribution in [0.1, 0.15) is 85.0 Å². The number of halogens is 1. The molecule has 0 amide bonds. The molecule has 1 atom stereocenters. The van der Waals surface area contributed by atoms with E-state index in [9.17, 15) is 5.11 Å². The Labute approximate surface area is 190 Å².